The third-order valence-electron chi connectivity index (χ3n) is 8.92. The van der Waals surface area contributed by atoms with Crippen LogP contribution in [0.5, 0.6) is 0 Å². The molecule has 0 radical (unpaired) electrons. The van der Waals surface area contributed by atoms with Gasteiger partial charge >= 0.3 is 35.8 Å². The smallest absolute Gasteiger partial charge is 0.329 e. The van der Waals surface area contributed by atoms with Gasteiger partial charge in [-0.25, -0.2) is 4.79 Å². The minimum absolute atomic E-state index is 0.275. The summed E-state index contributed by atoms with van der Waals surface area (Å²) in [7, 11) is 6.44. The van der Waals surface area contributed by atoms with Gasteiger partial charge in [0.2, 0.25) is 0 Å². The maximum absolute atomic E-state index is 14.2. The fraction of sp³-hybridized carbons (Fsp3) is 0.571. The second-order valence-electron chi connectivity index (χ2n) is 10.2. The van der Waals surface area contributed by atoms with Crippen LogP contribution in [0, 0.1) is 35.0 Å². The van der Waals surface area contributed by atoms with E-state index in [2.05, 4.69) is 0 Å². The Labute approximate surface area is 236 Å². The standard InChI is InChI=1S/C28H33NO12/c1-36-22(30)16-17(23(31)37-2)19(24(32)38-3)28(27(35)41-6)18(16)15-12-11-13-9-7-8-10-14(13)29(15)21(26(34)40-5)20(28)25(33)39-4/h7-10,15-21H,11-12H2,1-6H3. The Hall–Kier alpha value is -4.16. The Morgan fingerprint density at radius 1 is 0.683 bits per heavy atom. The molecule has 41 heavy (non-hydrogen) atoms. The third kappa shape index (κ3) is 4.12. The van der Waals surface area contributed by atoms with Crippen LogP contribution in [0.25, 0.3) is 0 Å². The lowest BCUT2D eigenvalue weighted by molar-refractivity contribution is -0.191. The third-order valence-corrected chi connectivity index (χ3v) is 8.92. The molecule has 1 aromatic carbocycles. The summed E-state index contributed by atoms with van der Waals surface area (Å²) >= 11 is 0. The number of carbonyl (C=O) groups excluding carboxylic acids is 6. The molecule has 2 heterocycles. The molecule has 222 valence electrons. The molecule has 1 saturated heterocycles. The first-order valence-corrected chi connectivity index (χ1v) is 13.0. The predicted molar refractivity (Wildman–Crippen MR) is 137 cm³/mol. The monoisotopic (exact) mass is 575 g/mol. The van der Waals surface area contributed by atoms with Crippen LogP contribution >= 0.6 is 0 Å². The van der Waals surface area contributed by atoms with E-state index in [1.165, 1.54) is 0 Å². The molecular formula is C28H33NO12. The first-order valence-electron chi connectivity index (χ1n) is 13.0. The summed E-state index contributed by atoms with van der Waals surface area (Å²) in [5.41, 5.74) is -0.904. The van der Waals surface area contributed by atoms with Crippen LogP contribution in [0.3, 0.4) is 0 Å². The van der Waals surface area contributed by atoms with Gasteiger partial charge in [0.1, 0.15) is 17.4 Å². The van der Waals surface area contributed by atoms with Gasteiger partial charge in [-0.15, -0.1) is 0 Å². The number of fused-ring (bicyclic) bond motifs is 5. The van der Waals surface area contributed by atoms with Crippen molar-refractivity contribution in [1.29, 1.82) is 0 Å². The summed E-state index contributed by atoms with van der Waals surface area (Å²) in [6.45, 7) is 0. The van der Waals surface area contributed by atoms with Crippen LogP contribution in [0.15, 0.2) is 24.3 Å². The van der Waals surface area contributed by atoms with Crippen LogP contribution in [0.2, 0.25) is 0 Å². The fourth-order valence-corrected chi connectivity index (χ4v) is 7.62. The molecule has 0 aromatic heterocycles. The van der Waals surface area contributed by atoms with Crippen molar-refractivity contribution in [2.24, 2.45) is 35.0 Å². The number of carbonyl (C=O) groups is 6. The zero-order chi connectivity index (χ0) is 30.2. The quantitative estimate of drug-likeness (QED) is 0.337. The van der Waals surface area contributed by atoms with E-state index in [0.29, 0.717) is 12.1 Å². The summed E-state index contributed by atoms with van der Waals surface area (Å²) in [6, 6.07) is 4.80. The first-order chi connectivity index (χ1) is 19.6. The number of hydrogen-bond acceptors (Lipinski definition) is 13. The molecule has 8 atom stereocenters. The molecule has 13 nitrogen and oxygen atoms in total. The fourth-order valence-electron chi connectivity index (χ4n) is 7.62. The van der Waals surface area contributed by atoms with E-state index >= 15 is 0 Å². The second kappa shape index (κ2) is 11.4. The average molecular weight is 576 g/mol. The van der Waals surface area contributed by atoms with E-state index < -0.39 is 82.9 Å². The Morgan fingerprint density at radius 2 is 1.22 bits per heavy atom. The van der Waals surface area contributed by atoms with Gasteiger partial charge in [0, 0.05) is 17.6 Å². The molecule has 0 bridgehead atoms. The first kappa shape index (κ1) is 29.8. The van der Waals surface area contributed by atoms with Gasteiger partial charge in [0.15, 0.2) is 0 Å². The maximum Gasteiger partial charge on any atom is 0.329 e. The molecule has 0 spiro atoms. The molecule has 4 rings (SSSR count). The number of rotatable bonds is 6. The molecule has 3 aliphatic rings. The molecular weight excluding hydrogens is 542 g/mol. The number of anilines is 1. The molecule has 2 aliphatic heterocycles. The Morgan fingerprint density at radius 3 is 1.78 bits per heavy atom. The van der Waals surface area contributed by atoms with Crippen molar-refractivity contribution in [3.8, 4) is 0 Å². The van der Waals surface area contributed by atoms with Crippen molar-refractivity contribution < 1.29 is 57.2 Å². The predicted octanol–water partition coefficient (Wildman–Crippen LogP) is 0.309. The Kier molecular flexibility index (Phi) is 8.27. The van der Waals surface area contributed by atoms with Crippen LogP contribution in [0.4, 0.5) is 5.69 Å². The van der Waals surface area contributed by atoms with Crippen LogP contribution in [-0.4, -0.2) is 90.6 Å². The number of methoxy groups -OCH3 is 6. The lowest BCUT2D eigenvalue weighted by Gasteiger charge is -2.58. The van der Waals surface area contributed by atoms with Crippen LogP contribution in [0.1, 0.15) is 12.0 Å². The van der Waals surface area contributed by atoms with E-state index in [4.69, 9.17) is 28.4 Å². The van der Waals surface area contributed by atoms with Gasteiger partial charge in [-0.1, -0.05) is 18.2 Å². The normalized spacial score (nSPS) is 31.4. The molecule has 1 aliphatic carbocycles. The van der Waals surface area contributed by atoms with Crippen molar-refractivity contribution in [3.05, 3.63) is 29.8 Å². The SMILES string of the molecule is COC(=O)C1C(C(=O)OC)C2C3CCc4ccccc4N3C(C(=O)OC)C(C(=O)OC)C2(C(=O)OC)C1C(=O)OC. The summed E-state index contributed by atoms with van der Waals surface area (Å²) in [5.74, 6) is -14.0. The van der Waals surface area contributed by atoms with Crippen molar-refractivity contribution in [3.63, 3.8) is 0 Å². The van der Waals surface area contributed by atoms with E-state index in [1.54, 1.807) is 17.0 Å². The highest BCUT2D eigenvalue weighted by atomic mass is 16.6. The van der Waals surface area contributed by atoms with Gasteiger partial charge in [-0.05, 0) is 24.5 Å². The van der Waals surface area contributed by atoms with Crippen LogP contribution in [-0.2, 0) is 63.6 Å². The highest BCUT2D eigenvalue weighted by molar-refractivity contribution is 6.01. The number of hydrogen-bond donors (Lipinski definition) is 0. The lowest BCUT2D eigenvalue weighted by atomic mass is 9.54. The molecule has 0 amide bonds. The highest BCUT2D eigenvalue weighted by Gasteiger charge is 2.81. The number of aryl methyl sites for hydroxylation is 1. The summed E-state index contributed by atoms with van der Waals surface area (Å²) < 4.78 is 30.8. The van der Waals surface area contributed by atoms with Gasteiger partial charge in [0.05, 0.1) is 60.4 Å². The summed E-state index contributed by atoms with van der Waals surface area (Å²) in [4.78, 5) is 84.1. The topological polar surface area (TPSA) is 161 Å². The molecule has 13 heteroatoms. The minimum atomic E-state index is -2.31. The average Bonchev–Trinajstić information content (AvgIpc) is 3.34. The number of ether oxygens (including phenoxy) is 6. The van der Waals surface area contributed by atoms with Gasteiger partial charge in [0.25, 0.3) is 0 Å². The summed E-state index contributed by atoms with van der Waals surface area (Å²) in [6.07, 6.45) is 0.735. The summed E-state index contributed by atoms with van der Waals surface area (Å²) in [5, 5.41) is 0. The van der Waals surface area contributed by atoms with Crippen molar-refractivity contribution in [2.45, 2.75) is 24.9 Å². The Balaban J connectivity index is 2.21. The number of para-hydroxylation sites is 1. The van der Waals surface area contributed by atoms with E-state index in [0.717, 1.165) is 48.2 Å². The molecule has 0 N–H and O–H groups in total. The van der Waals surface area contributed by atoms with Crippen molar-refractivity contribution in [1.82, 2.24) is 0 Å². The van der Waals surface area contributed by atoms with Crippen molar-refractivity contribution in [2.75, 3.05) is 47.6 Å². The van der Waals surface area contributed by atoms with Gasteiger partial charge in [-0.3, -0.25) is 24.0 Å². The number of piperidine rings is 1. The zero-order valence-electron chi connectivity index (χ0n) is 23.6. The molecule has 2 fully saturated rings. The largest absolute Gasteiger partial charge is 0.469 e. The maximum atomic E-state index is 14.2. The molecule has 1 aromatic rings. The van der Waals surface area contributed by atoms with Crippen molar-refractivity contribution >= 4 is 41.5 Å². The second-order valence-corrected chi connectivity index (χ2v) is 10.2. The molecule has 1 saturated carbocycles. The molecule has 8 unspecified atom stereocenters. The van der Waals surface area contributed by atoms with Gasteiger partial charge < -0.3 is 33.3 Å². The highest BCUT2D eigenvalue weighted by Crippen LogP contribution is 2.66. The van der Waals surface area contributed by atoms with Gasteiger partial charge in [-0.2, -0.15) is 0 Å². The van der Waals surface area contributed by atoms with Crippen LogP contribution < -0.4 is 4.90 Å². The van der Waals surface area contributed by atoms with E-state index in [9.17, 15) is 28.8 Å². The minimum Gasteiger partial charge on any atom is -0.469 e. The number of esters is 6. The lowest BCUT2D eigenvalue weighted by Crippen LogP contribution is -2.72. The zero-order valence-corrected chi connectivity index (χ0v) is 23.6. The van der Waals surface area contributed by atoms with E-state index in [-0.39, 0.29) is 6.42 Å². The van der Waals surface area contributed by atoms with E-state index in [1.807, 2.05) is 12.1 Å². The Bertz CT molecular complexity index is 1260. The number of nitrogens with zero attached hydrogens (tertiary/aromatic N) is 1. The number of benzene rings is 1.